The second-order valence-corrected chi connectivity index (χ2v) is 7.18. The van der Waals surface area contributed by atoms with Gasteiger partial charge in [-0.15, -0.1) is 0 Å². The molecule has 6 heteroatoms. The molecule has 1 aliphatic heterocycles. The third-order valence-electron chi connectivity index (χ3n) is 5.43. The van der Waals surface area contributed by atoms with Gasteiger partial charge in [0.05, 0.1) is 0 Å². The fraction of sp³-hybridized carbons (Fsp3) is 0.765. The predicted octanol–water partition coefficient (Wildman–Crippen LogP) is 1.73. The van der Waals surface area contributed by atoms with Crippen LogP contribution in [0, 0.1) is 6.92 Å². The maximum Gasteiger partial charge on any atom is 0.222 e. The normalized spacial score (nSPS) is 22.9. The molecule has 2 heterocycles. The molecule has 3 N–H and O–H groups in total. The quantitative estimate of drug-likeness (QED) is 0.881. The lowest BCUT2D eigenvalue weighted by Gasteiger charge is -2.49. The number of nitrogens with one attached hydrogen (secondary N) is 1. The number of rotatable bonds is 4. The number of hydrogen-bond acceptors (Lipinski definition) is 6. The Hall–Kier alpha value is -1.40. The Morgan fingerprint density at radius 2 is 1.83 bits per heavy atom. The molecule has 2 aliphatic rings. The maximum atomic E-state index is 5.78. The van der Waals surface area contributed by atoms with Crippen LogP contribution < -0.4 is 11.1 Å². The monoisotopic (exact) mass is 318 g/mol. The molecule has 1 aliphatic carbocycles. The van der Waals surface area contributed by atoms with Crippen LogP contribution in [0.4, 0.5) is 11.8 Å². The minimum absolute atomic E-state index is 0.271. The van der Waals surface area contributed by atoms with Gasteiger partial charge in [-0.1, -0.05) is 19.3 Å². The first-order chi connectivity index (χ1) is 11.1. The van der Waals surface area contributed by atoms with Crippen LogP contribution >= 0.6 is 0 Å². The van der Waals surface area contributed by atoms with Crippen molar-refractivity contribution < 1.29 is 0 Å². The van der Waals surface area contributed by atoms with Crippen molar-refractivity contribution >= 4 is 11.8 Å². The van der Waals surface area contributed by atoms with Crippen LogP contribution in [0.15, 0.2) is 6.07 Å². The van der Waals surface area contributed by atoms with Crippen molar-refractivity contribution in [2.24, 2.45) is 0 Å². The first-order valence-corrected chi connectivity index (χ1v) is 8.86. The second kappa shape index (κ2) is 7.01. The predicted molar refractivity (Wildman–Crippen MR) is 94.6 cm³/mol. The summed E-state index contributed by atoms with van der Waals surface area (Å²) in [5, 5.41) is 3.56. The Morgan fingerprint density at radius 1 is 1.13 bits per heavy atom. The summed E-state index contributed by atoms with van der Waals surface area (Å²) in [6, 6.07) is 1.98. The van der Waals surface area contributed by atoms with Crippen molar-refractivity contribution in [2.45, 2.75) is 44.6 Å². The van der Waals surface area contributed by atoms with Gasteiger partial charge in [-0.2, -0.15) is 4.98 Å². The fourth-order valence-corrected chi connectivity index (χ4v) is 4.03. The van der Waals surface area contributed by atoms with E-state index in [4.69, 9.17) is 5.73 Å². The molecule has 0 radical (unpaired) electrons. The molecule has 1 saturated heterocycles. The number of likely N-dealkylation sites (N-methyl/N-ethyl adjacent to an activating group) is 1. The lowest BCUT2D eigenvalue weighted by atomic mass is 9.79. The number of nitrogens with two attached hydrogens (primary N) is 1. The zero-order valence-corrected chi connectivity index (χ0v) is 14.5. The van der Waals surface area contributed by atoms with Gasteiger partial charge >= 0.3 is 0 Å². The van der Waals surface area contributed by atoms with Crippen LogP contribution in [0.3, 0.4) is 0 Å². The molecule has 0 aromatic carbocycles. The molecule has 1 saturated carbocycles. The van der Waals surface area contributed by atoms with E-state index in [-0.39, 0.29) is 5.54 Å². The molecule has 0 bridgehead atoms. The van der Waals surface area contributed by atoms with Gasteiger partial charge in [0, 0.05) is 50.0 Å². The highest BCUT2D eigenvalue weighted by Gasteiger charge is 2.38. The van der Waals surface area contributed by atoms with Crippen molar-refractivity contribution in [3.8, 4) is 0 Å². The van der Waals surface area contributed by atoms with Crippen LogP contribution in [0.25, 0.3) is 0 Å². The zero-order valence-electron chi connectivity index (χ0n) is 14.5. The fourth-order valence-electron chi connectivity index (χ4n) is 4.03. The van der Waals surface area contributed by atoms with Crippen LogP contribution in [0.2, 0.25) is 0 Å². The average molecular weight is 318 g/mol. The molecule has 6 nitrogen and oxygen atoms in total. The Balaban J connectivity index is 1.71. The van der Waals surface area contributed by atoms with Crippen molar-refractivity contribution in [2.75, 3.05) is 50.8 Å². The molecule has 0 atom stereocenters. The number of nitrogens with zero attached hydrogens (tertiary/aromatic N) is 4. The Bertz CT molecular complexity index is 498. The topological polar surface area (TPSA) is 70.3 Å². The Kier molecular flexibility index (Phi) is 5.02. The second-order valence-electron chi connectivity index (χ2n) is 7.18. The Labute approximate surface area is 139 Å². The van der Waals surface area contributed by atoms with Crippen molar-refractivity contribution in [1.82, 2.24) is 19.8 Å². The molecule has 1 aromatic rings. The number of nitrogen functional groups attached to an aromatic ring is 1. The van der Waals surface area contributed by atoms with Gasteiger partial charge in [0.25, 0.3) is 0 Å². The molecule has 2 fully saturated rings. The lowest BCUT2D eigenvalue weighted by molar-refractivity contribution is 0.0221. The van der Waals surface area contributed by atoms with E-state index >= 15 is 0 Å². The van der Waals surface area contributed by atoms with Crippen LogP contribution in [0.1, 0.15) is 37.8 Å². The van der Waals surface area contributed by atoms with Crippen LogP contribution in [-0.4, -0.2) is 65.1 Å². The van der Waals surface area contributed by atoms with Gasteiger partial charge in [-0.25, -0.2) is 4.98 Å². The molecule has 0 spiro atoms. The number of aryl methyl sites for hydroxylation is 1. The molecule has 0 amide bonds. The number of anilines is 2. The molecular formula is C17H30N6. The third-order valence-corrected chi connectivity index (χ3v) is 5.43. The number of hydrogen-bond donors (Lipinski definition) is 2. The highest BCUT2D eigenvalue weighted by Crippen LogP contribution is 2.34. The summed E-state index contributed by atoms with van der Waals surface area (Å²) in [4.78, 5) is 13.6. The van der Waals surface area contributed by atoms with E-state index in [0.717, 1.165) is 18.1 Å². The van der Waals surface area contributed by atoms with Gasteiger partial charge in [0.15, 0.2) is 0 Å². The molecule has 128 valence electrons. The standard InChI is InChI=1S/C17H30N6/c1-14-12-15(21-16(18)20-14)19-13-17(6-4-3-5-7-17)23-10-8-22(2)9-11-23/h12H,3-11,13H2,1-2H3,(H3,18,19,20,21). The molecule has 3 rings (SSSR count). The van der Waals surface area contributed by atoms with Gasteiger partial charge in [0.2, 0.25) is 5.95 Å². The minimum Gasteiger partial charge on any atom is -0.368 e. The summed E-state index contributed by atoms with van der Waals surface area (Å²) < 4.78 is 0. The van der Waals surface area contributed by atoms with Gasteiger partial charge in [-0.05, 0) is 26.8 Å². The van der Waals surface area contributed by atoms with E-state index in [1.165, 1.54) is 58.3 Å². The summed E-state index contributed by atoms with van der Waals surface area (Å²) in [6.07, 6.45) is 6.60. The first-order valence-electron chi connectivity index (χ1n) is 8.86. The highest BCUT2D eigenvalue weighted by atomic mass is 15.3. The average Bonchev–Trinajstić information content (AvgIpc) is 2.54. The number of piperazine rings is 1. The molecule has 1 aromatic heterocycles. The summed E-state index contributed by atoms with van der Waals surface area (Å²) in [7, 11) is 2.22. The van der Waals surface area contributed by atoms with Gasteiger partial charge < -0.3 is 16.0 Å². The first kappa shape index (κ1) is 16.5. The summed E-state index contributed by atoms with van der Waals surface area (Å²) in [5.41, 5.74) is 6.97. The van der Waals surface area contributed by atoms with Gasteiger partial charge in [-0.3, -0.25) is 4.90 Å². The highest BCUT2D eigenvalue weighted by molar-refractivity contribution is 5.40. The van der Waals surface area contributed by atoms with E-state index in [2.05, 4.69) is 32.1 Å². The van der Waals surface area contributed by atoms with Crippen molar-refractivity contribution in [1.29, 1.82) is 0 Å². The zero-order chi connectivity index (χ0) is 16.3. The third kappa shape index (κ3) is 3.93. The summed E-state index contributed by atoms with van der Waals surface area (Å²) in [5.74, 6) is 1.21. The van der Waals surface area contributed by atoms with Crippen LogP contribution in [0.5, 0.6) is 0 Å². The molecule has 0 unspecified atom stereocenters. The Morgan fingerprint density at radius 3 is 2.48 bits per heavy atom. The van der Waals surface area contributed by atoms with Crippen molar-refractivity contribution in [3.63, 3.8) is 0 Å². The van der Waals surface area contributed by atoms with Gasteiger partial charge in [0.1, 0.15) is 5.82 Å². The summed E-state index contributed by atoms with van der Waals surface area (Å²) >= 11 is 0. The SMILES string of the molecule is Cc1cc(NCC2(N3CCN(C)CC3)CCCCC2)nc(N)n1. The largest absolute Gasteiger partial charge is 0.368 e. The van der Waals surface area contributed by atoms with E-state index in [0.29, 0.717) is 5.95 Å². The molecular weight excluding hydrogens is 288 g/mol. The van der Waals surface area contributed by atoms with E-state index in [1.807, 2.05) is 13.0 Å². The minimum atomic E-state index is 0.271. The lowest BCUT2D eigenvalue weighted by Crippen LogP contribution is -2.60. The van der Waals surface area contributed by atoms with Crippen LogP contribution in [-0.2, 0) is 0 Å². The van der Waals surface area contributed by atoms with E-state index in [1.54, 1.807) is 0 Å². The van der Waals surface area contributed by atoms with Crippen molar-refractivity contribution in [3.05, 3.63) is 11.8 Å². The summed E-state index contributed by atoms with van der Waals surface area (Å²) in [6.45, 7) is 7.58. The van der Waals surface area contributed by atoms with E-state index in [9.17, 15) is 0 Å². The number of aromatic nitrogens is 2. The van der Waals surface area contributed by atoms with E-state index < -0.39 is 0 Å². The smallest absolute Gasteiger partial charge is 0.222 e. The molecule has 23 heavy (non-hydrogen) atoms. The maximum absolute atomic E-state index is 5.78.